The Kier molecular flexibility index (Phi) is 23.4. The Hall–Kier alpha value is 0.704. The number of fused-ring (bicyclic) bond motifs is 1. The van der Waals surface area contributed by atoms with Crippen LogP contribution in [0, 0.1) is 0 Å². The van der Waals surface area contributed by atoms with Gasteiger partial charge in [0.05, 0.1) is 15.7 Å². The van der Waals surface area contributed by atoms with E-state index < -0.39 is 17.6 Å². The van der Waals surface area contributed by atoms with Crippen molar-refractivity contribution in [2.75, 3.05) is 51.1 Å². The van der Waals surface area contributed by atoms with Gasteiger partial charge in [-0.05, 0) is 86.2 Å². The molecule has 0 radical (unpaired) electrons. The van der Waals surface area contributed by atoms with E-state index in [0.29, 0.717) is 39.6 Å². The van der Waals surface area contributed by atoms with E-state index in [4.69, 9.17) is 26.6 Å². The molecular formula is C25H47NO6S5Si2. The van der Waals surface area contributed by atoms with Gasteiger partial charge in [-0.3, -0.25) is 0 Å². The van der Waals surface area contributed by atoms with Crippen LogP contribution >= 0.6 is 52.6 Å². The van der Waals surface area contributed by atoms with E-state index in [9.17, 15) is 0 Å². The molecule has 7 nitrogen and oxygen atoms in total. The smallest absolute Gasteiger partial charge is 0.374 e. The second-order valence-corrected chi connectivity index (χ2v) is 20.4. The van der Waals surface area contributed by atoms with Crippen molar-refractivity contribution in [3.05, 3.63) is 29.8 Å². The summed E-state index contributed by atoms with van der Waals surface area (Å²) in [5, 5.41) is 0. The zero-order chi connectivity index (χ0) is 28.7. The number of hydrogen-bond acceptors (Lipinski definition) is 12. The van der Waals surface area contributed by atoms with Crippen LogP contribution in [0.25, 0.3) is 10.2 Å². The highest BCUT2D eigenvalue weighted by atomic mass is 33.7. The normalized spacial score (nSPS) is 12.1. The Morgan fingerprint density at radius 2 is 1.05 bits per heavy atom. The second-order valence-electron chi connectivity index (χ2n) is 7.77. The predicted molar refractivity (Wildman–Crippen MR) is 180 cm³/mol. The van der Waals surface area contributed by atoms with Crippen molar-refractivity contribution >= 4 is 80.4 Å². The molecule has 0 fully saturated rings. The van der Waals surface area contributed by atoms with E-state index in [1.807, 2.05) is 106 Å². The topological polar surface area (TPSA) is 68.3 Å². The first-order valence-corrected chi connectivity index (χ1v) is 23.6. The minimum absolute atomic E-state index is 0.640. The average Bonchev–Trinajstić information content (AvgIpc) is 3.40. The maximum absolute atomic E-state index is 5.90. The summed E-state index contributed by atoms with van der Waals surface area (Å²) in [5.74, 6) is 2.13. The molecule has 0 saturated heterocycles. The van der Waals surface area contributed by atoms with E-state index >= 15 is 0 Å². The summed E-state index contributed by atoms with van der Waals surface area (Å²) in [7, 11) is 2.48. The molecule has 2 rings (SSSR count). The van der Waals surface area contributed by atoms with Crippen LogP contribution in [-0.4, -0.2) is 73.7 Å². The summed E-state index contributed by atoms with van der Waals surface area (Å²) in [6.07, 6.45) is 2.08. The van der Waals surface area contributed by atoms with Crippen LogP contribution in [0.2, 0.25) is 12.1 Å². The van der Waals surface area contributed by atoms with Crippen LogP contribution in [0.4, 0.5) is 0 Å². The maximum atomic E-state index is 5.90. The van der Waals surface area contributed by atoms with E-state index in [1.165, 1.54) is 4.70 Å². The van der Waals surface area contributed by atoms with Crippen molar-refractivity contribution in [1.29, 1.82) is 0 Å². The zero-order valence-electron chi connectivity index (χ0n) is 24.3. The standard InChI is InChI=1S/C18H42O6S4Si2.C7H5NS/c1-7-19-29(20-8-2,21-9-3)17-13-15-25-27-28-26-16-14-18-30(22-10-4,23-11-5)24-12-6;1-2-4-7-6(3-1)8-5-9-7/h7-18H2,1-6H3;1-5H. The average molecular weight is 674 g/mol. The zero-order valence-corrected chi connectivity index (χ0v) is 30.4. The Labute approximate surface area is 257 Å². The van der Waals surface area contributed by atoms with Gasteiger partial charge in [0.25, 0.3) is 0 Å². The van der Waals surface area contributed by atoms with Crippen molar-refractivity contribution in [1.82, 2.24) is 4.98 Å². The van der Waals surface area contributed by atoms with Crippen molar-refractivity contribution < 1.29 is 26.6 Å². The van der Waals surface area contributed by atoms with Gasteiger partial charge in [-0.2, -0.15) is 0 Å². The Bertz CT molecular complexity index is 743. The lowest BCUT2D eigenvalue weighted by Crippen LogP contribution is -2.46. The van der Waals surface area contributed by atoms with Crippen molar-refractivity contribution in [2.24, 2.45) is 0 Å². The summed E-state index contributed by atoms with van der Waals surface area (Å²) in [5.41, 5.74) is 2.97. The fourth-order valence-corrected chi connectivity index (χ4v) is 16.2. The molecule has 0 spiro atoms. The summed E-state index contributed by atoms with van der Waals surface area (Å²) >= 11 is 1.68. The largest absolute Gasteiger partial charge is 0.500 e. The number of rotatable bonds is 23. The van der Waals surface area contributed by atoms with Gasteiger partial charge in [-0.1, -0.05) is 33.7 Å². The van der Waals surface area contributed by atoms with E-state index in [2.05, 4.69) is 11.1 Å². The van der Waals surface area contributed by atoms with Gasteiger partial charge in [-0.25, -0.2) is 4.98 Å². The lowest BCUT2D eigenvalue weighted by molar-refractivity contribution is 0.0704. The fraction of sp³-hybridized carbons (Fsp3) is 0.720. The number of aromatic nitrogens is 1. The van der Waals surface area contributed by atoms with Gasteiger partial charge in [0, 0.05) is 63.2 Å². The molecule has 2 aromatic rings. The molecule has 39 heavy (non-hydrogen) atoms. The van der Waals surface area contributed by atoms with Gasteiger partial charge in [0.2, 0.25) is 0 Å². The molecule has 0 bridgehead atoms. The molecule has 0 unspecified atom stereocenters. The summed E-state index contributed by atoms with van der Waals surface area (Å²) < 4.78 is 36.7. The maximum Gasteiger partial charge on any atom is 0.500 e. The lowest BCUT2D eigenvalue weighted by Gasteiger charge is -2.28. The van der Waals surface area contributed by atoms with E-state index in [-0.39, 0.29) is 0 Å². The molecule has 1 aromatic heterocycles. The van der Waals surface area contributed by atoms with Crippen LogP contribution in [0.15, 0.2) is 29.8 Å². The van der Waals surface area contributed by atoms with Crippen LogP contribution in [0.3, 0.4) is 0 Å². The number of nitrogens with zero attached hydrogens (tertiary/aromatic N) is 1. The van der Waals surface area contributed by atoms with E-state index in [0.717, 1.165) is 42.0 Å². The first kappa shape index (κ1) is 37.7. The Morgan fingerprint density at radius 3 is 1.44 bits per heavy atom. The summed E-state index contributed by atoms with van der Waals surface area (Å²) in [4.78, 5) is 4.14. The van der Waals surface area contributed by atoms with Crippen molar-refractivity contribution in [2.45, 2.75) is 66.5 Å². The summed E-state index contributed by atoms with van der Waals surface area (Å²) in [6.45, 7) is 15.8. The monoisotopic (exact) mass is 673 g/mol. The van der Waals surface area contributed by atoms with Crippen molar-refractivity contribution in [3.8, 4) is 0 Å². The lowest BCUT2D eigenvalue weighted by atomic mass is 10.3. The Balaban J connectivity index is 0.000000693. The van der Waals surface area contributed by atoms with Crippen LogP contribution in [-0.2, 0) is 26.6 Å². The second kappa shape index (κ2) is 24.2. The third kappa shape index (κ3) is 16.2. The molecule has 0 N–H and O–H groups in total. The van der Waals surface area contributed by atoms with Gasteiger partial charge in [-0.15, -0.1) is 11.3 Å². The van der Waals surface area contributed by atoms with Crippen molar-refractivity contribution in [3.63, 3.8) is 0 Å². The van der Waals surface area contributed by atoms with Gasteiger partial charge >= 0.3 is 17.6 Å². The highest BCUT2D eigenvalue weighted by Crippen LogP contribution is 2.44. The third-order valence-electron chi connectivity index (χ3n) is 4.97. The number of thiazole rings is 1. The number of hydrogen-bond donors (Lipinski definition) is 0. The molecule has 0 saturated carbocycles. The molecule has 226 valence electrons. The molecule has 1 heterocycles. The minimum Gasteiger partial charge on any atom is -0.374 e. The first-order chi connectivity index (χ1) is 19.0. The number of benzene rings is 1. The summed E-state index contributed by atoms with van der Waals surface area (Å²) in [6, 6.07) is 9.89. The third-order valence-corrected chi connectivity index (χ3v) is 18.7. The predicted octanol–water partition coefficient (Wildman–Crippen LogP) is 8.84. The molecule has 0 aliphatic rings. The molecule has 0 aliphatic carbocycles. The molecule has 14 heteroatoms. The highest BCUT2D eigenvalue weighted by Gasteiger charge is 2.40. The quantitative estimate of drug-likeness (QED) is 0.0646. The van der Waals surface area contributed by atoms with Gasteiger partial charge in [0.15, 0.2) is 0 Å². The van der Waals surface area contributed by atoms with Crippen LogP contribution in [0.1, 0.15) is 54.4 Å². The van der Waals surface area contributed by atoms with Crippen LogP contribution < -0.4 is 0 Å². The minimum atomic E-state index is -2.49. The molecule has 1 aromatic carbocycles. The van der Waals surface area contributed by atoms with Gasteiger partial charge < -0.3 is 26.6 Å². The number of para-hydroxylation sites is 1. The van der Waals surface area contributed by atoms with E-state index in [1.54, 1.807) is 11.3 Å². The van der Waals surface area contributed by atoms with Crippen LogP contribution in [0.5, 0.6) is 0 Å². The fourth-order valence-electron chi connectivity index (χ4n) is 3.61. The highest BCUT2D eigenvalue weighted by molar-refractivity contribution is 9.26. The molecule has 0 atom stereocenters. The molecular weight excluding hydrogens is 627 g/mol. The molecule has 0 amide bonds. The SMILES string of the molecule is CCO[Si](CCCSSSSCCC[Si](OCC)(OCC)OCC)(OCC)OCC.c1ccc2scnc2c1. The molecule has 0 aliphatic heterocycles. The van der Waals surface area contributed by atoms with Gasteiger partial charge in [0.1, 0.15) is 0 Å². The first-order valence-electron chi connectivity index (χ1n) is 13.7. The Morgan fingerprint density at radius 1 is 0.641 bits per heavy atom.